The van der Waals surface area contributed by atoms with E-state index in [1.807, 2.05) is 6.20 Å². The zero-order valence-electron chi connectivity index (χ0n) is 24.8. The van der Waals surface area contributed by atoms with E-state index < -0.39 is 12.2 Å². The molecule has 0 aliphatic heterocycles. The van der Waals surface area contributed by atoms with Gasteiger partial charge in [0.2, 0.25) is 5.89 Å². The number of hydrogen-bond acceptors (Lipinski definition) is 4. The largest absolute Gasteiger partial charge is 0.445 e. The van der Waals surface area contributed by atoms with Crippen molar-refractivity contribution >= 4 is 0 Å². The first-order valence-corrected chi connectivity index (χ1v) is 15.8. The lowest BCUT2D eigenvalue weighted by atomic mass is 9.61. The summed E-state index contributed by atoms with van der Waals surface area (Å²) < 4.78 is 6.24. The van der Waals surface area contributed by atoms with Gasteiger partial charge in [-0.25, -0.2) is 4.98 Å². The van der Waals surface area contributed by atoms with Crippen molar-refractivity contribution < 1.29 is 14.6 Å². The Morgan fingerprint density at radius 3 is 2.69 bits per heavy atom. The van der Waals surface area contributed by atoms with Crippen molar-refractivity contribution in [2.24, 2.45) is 29.1 Å². The van der Waals surface area contributed by atoms with E-state index >= 15 is 0 Å². The smallest absolute Gasteiger partial charge is 0.201 e. The van der Waals surface area contributed by atoms with Gasteiger partial charge < -0.3 is 14.6 Å². The Kier molecular flexibility index (Phi) is 8.46. The van der Waals surface area contributed by atoms with Crippen molar-refractivity contribution in [2.75, 3.05) is 0 Å². The second-order valence-electron chi connectivity index (χ2n) is 13.6. The summed E-state index contributed by atoms with van der Waals surface area (Å²) in [5.74, 6) is 4.30. The summed E-state index contributed by atoms with van der Waals surface area (Å²) in [5.41, 5.74) is 3.78. The number of oxazole rings is 1. The number of fused-ring (bicyclic) bond motifs is 1. The maximum Gasteiger partial charge on any atom is 0.201 e. The highest BCUT2D eigenvalue weighted by molar-refractivity contribution is 5.38. The fourth-order valence-corrected chi connectivity index (χ4v) is 8.27. The average Bonchev–Trinajstić information content (AvgIpc) is 3.44. The van der Waals surface area contributed by atoms with Gasteiger partial charge in [0.1, 0.15) is 5.76 Å². The highest BCUT2D eigenvalue weighted by Gasteiger charge is 2.53. The van der Waals surface area contributed by atoms with Crippen molar-refractivity contribution in [1.82, 2.24) is 4.98 Å². The van der Waals surface area contributed by atoms with Crippen molar-refractivity contribution in [3.8, 4) is 0 Å². The second kappa shape index (κ2) is 11.5. The summed E-state index contributed by atoms with van der Waals surface area (Å²) in [7, 11) is 0. The van der Waals surface area contributed by atoms with Gasteiger partial charge in [0.15, 0.2) is 0 Å². The monoisotopic (exact) mass is 533 g/mol. The molecular formula is C35H51NO3. The number of unbranched alkanes of at least 4 members (excludes halogenated alkanes) is 1. The Hall–Kier alpha value is -1.91. The quantitative estimate of drug-likeness (QED) is 0.315. The van der Waals surface area contributed by atoms with E-state index in [1.54, 1.807) is 5.57 Å². The lowest BCUT2D eigenvalue weighted by Crippen LogP contribution is -2.35. The number of aliphatic hydroxyl groups excluding tert-OH is 2. The summed E-state index contributed by atoms with van der Waals surface area (Å²) in [6.45, 7) is 13.7. The van der Waals surface area contributed by atoms with Crippen LogP contribution in [-0.2, 0) is 11.8 Å². The lowest BCUT2D eigenvalue weighted by molar-refractivity contribution is 0.0862. The van der Waals surface area contributed by atoms with Crippen LogP contribution >= 0.6 is 0 Å². The van der Waals surface area contributed by atoms with Crippen LogP contribution in [0.1, 0.15) is 110 Å². The molecule has 0 radical (unpaired) electrons. The molecule has 1 heterocycles. The van der Waals surface area contributed by atoms with Gasteiger partial charge >= 0.3 is 0 Å². The minimum atomic E-state index is -0.623. The molecule has 0 saturated heterocycles. The molecule has 214 valence electrons. The Balaban J connectivity index is 1.26. The van der Waals surface area contributed by atoms with Crippen LogP contribution in [0.25, 0.3) is 0 Å². The van der Waals surface area contributed by atoms with Crippen molar-refractivity contribution in [2.45, 2.75) is 122 Å². The van der Waals surface area contributed by atoms with Crippen molar-refractivity contribution in [3.63, 3.8) is 0 Å². The van der Waals surface area contributed by atoms with E-state index in [4.69, 9.17) is 9.40 Å². The molecule has 0 unspecified atom stereocenters. The Morgan fingerprint density at radius 1 is 1.15 bits per heavy atom. The van der Waals surface area contributed by atoms with Gasteiger partial charge in [0.25, 0.3) is 0 Å². The fraction of sp³-hybridized carbons (Fsp3) is 0.686. The first-order chi connectivity index (χ1) is 18.7. The van der Waals surface area contributed by atoms with E-state index in [0.29, 0.717) is 41.9 Å². The van der Waals surface area contributed by atoms with Gasteiger partial charge in [0, 0.05) is 12.8 Å². The molecule has 4 nitrogen and oxygen atoms in total. The van der Waals surface area contributed by atoms with Crippen LogP contribution in [0.4, 0.5) is 0 Å². The standard InChI is InChI=1S/C35H51NO3/c1-6-7-10-29-22-36-33(39-29)35(18-19-35)24(3)12-11-23(2)30-15-16-31-26(9-8-17-34(30,31)5)13-14-27-20-28(37)21-32(38)25(27)4/h11-14,22-24,28,30-32,37-38H,4,6-10,15-21H2,1-3,5H3/b12-11+,26-13+,27-14-/t23-,24-,28-,30-,31+,32+,34-/m1/s1. The molecule has 4 saturated carbocycles. The van der Waals surface area contributed by atoms with Gasteiger partial charge in [-0.05, 0) is 98.0 Å². The van der Waals surface area contributed by atoms with Crippen molar-refractivity contribution in [1.29, 1.82) is 0 Å². The molecule has 5 rings (SSSR count). The zero-order chi connectivity index (χ0) is 27.8. The molecule has 39 heavy (non-hydrogen) atoms. The van der Waals surface area contributed by atoms with Crippen LogP contribution in [0.5, 0.6) is 0 Å². The Bertz CT molecular complexity index is 1120. The highest BCUT2D eigenvalue weighted by atomic mass is 16.4. The maximum absolute atomic E-state index is 10.2. The van der Waals surface area contributed by atoms with E-state index in [2.05, 4.69) is 58.6 Å². The van der Waals surface area contributed by atoms with Crippen LogP contribution in [-0.4, -0.2) is 27.4 Å². The number of aryl methyl sites for hydroxylation is 1. The van der Waals surface area contributed by atoms with Gasteiger partial charge in [-0.15, -0.1) is 0 Å². The summed E-state index contributed by atoms with van der Waals surface area (Å²) in [6, 6.07) is 0. The van der Waals surface area contributed by atoms with E-state index in [9.17, 15) is 10.2 Å². The average molecular weight is 534 g/mol. The van der Waals surface area contributed by atoms with Crippen molar-refractivity contribution in [3.05, 3.63) is 65.5 Å². The topological polar surface area (TPSA) is 66.5 Å². The van der Waals surface area contributed by atoms with E-state index in [0.717, 1.165) is 42.1 Å². The molecule has 0 aromatic carbocycles. The third kappa shape index (κ3) is 5.66. The van der Waals surface area contributed by atoms with Crippen LogP contribution in [0, 0.1) is 29.1 Å². The number of aliphatic hydroxyl groups is 2. The number of rotatable bonds is 9. The third-order valence-corrected chi connectivity index (χ3v) is 11.1. The summed E-state index contributed by atoms with van der Waals surface area (Å²) in [6.07, 6.45) is 23.2. The third-order valence-electron chi connectivity index (χ3n) is 11.1. The van der Waals surface area contributed by atoms with Gasteiger partial charge in [-0.2, -0.15) is 0 Å². The summed E-state index contributed by atoms with van der Waals surface area (Å²) in [4.78, 5) is 4.72. The Morgan fingerprint density at radius 2 is 1.95 bits per heavy atom. The normalized spacial score (nSPS) is 36.0. The fourth-order valence-electron chi connectivity index (χ4n) is 8.27. The highest BCUT2D eigenvalue weighted by Crippen LogP contribution is 2.60. The Labute approximate surface area is 236 Å². The molecule has 4 aliphatic carbocycles. The maximum atomic E-state index is 10.2. The lowest BCUT2D eigenvalue weighted by Gasteiger charge is -2.44. The van der Waals surface area contributed by atoms with E-state index in [1.165, 1.54) is 44.9 Å². The summed E-state index contributed by atoms with van der Waals surface area (Å²) in [5, 5.41) is 20.4. The molecule has 4 fully saturated rings. The minimum Gasteiger partial charge on any atom is -0.445 e. The number of allylic oxidation sites excluding steroid dienone is 5. The van der Waals surface area contributed by atoms with Crippen LogP contribution < -0.4 is 0 Å². The molecule has 0 spiro atoms. The second-order valence-corrected chi connectivity index (χ2v) is 13.6. The number of nitrogens with zero attached hydrogens (tertiary/aromatic N) is 1. The molecule has 0 amide bonds. The zero-order valence-corrected chi connectivity index (χ0v) is 24.8. The SMILES string of the molecule is C=C1/C(=C\C=C2/CCC[C@]3(C)[C@@H]([C@H](C)/C=C/[C@@H](C)C4(c5ncc(CCCC)o5)CC4)CC[C@@H]23)C[C@@H](O)C[C@@H]1O. The minimum absolute atomic E-state index is 0.0985. The van der Waals surface area contributed by atoms with E-state index in [-0.39, 0.29) is 5.41 Å². The predicted octanol–water partition coefficient (Wildman–Crippen LogP) is 8.02. The van der Waals surface area contributed by atoms with Gasteiger partial charge in [-0.3, -0.25) is 0 Å². The van der Waals surface area contributed by atoms with Crippen LogP contribution in [0.2, 0.25) is 0 Å². The summed E-state index contributed by atoms with van der Waals surface area (Å²) >= 11 is 0. The molecule has 2 N–H and O–H groups in total. The molecule has 1 aromatic heterocycles. The number of aromatic nitrogens is 1. The molecule has 1 aromatic rings. The molecule has 4 heteroatoms. The first kappa shape index (κ1) is 28.6. The van der Waals surface area contributed by atoms with Gasteiger partial charge in [-0.1, -0.05) is 70.6 Å². The first-order valence-electron chi connectivity index (χ1n) is 15.8. The van der Waals surface area contributed by atoms with Gasteiger partial charge in [0.05, 0.1) is 23.8 Å². The molecule has 7 atom stereocenters. The van der Waals surface area contributed by atoms with Crippen LogP contribution in [0.3, 0.4) is 0 Å². The predicted molar refractivity (Wildman–Crippen MR) is 158 cm³/mol. The molecule has 0 bridgehead atoms. The molecular weight excluding hydrogens is 482 g/mol. The molecule has 4 aliphatic rings. The number of hydrogen-bond donors (Lipinski definition) is 2. The van der Waals surface area contributed by atoms with Crippen LogP contribution in [0.15, 0.2) is 58.2 Å².